The Morgan fingerprint density at radius 1 is 1.14 bits per heavy atom. The van der Waals surface area contributed by atoms with Crippen molar-refractivity contribution >= 4 is 28.2 Å². The largest absolute Gasteiger partial charge is 0.494 e. The quantitative estimate of drug-likeness (QED) is 0.729. The molecule has 0 aliphatic carbocycles. The Morgan fingerprint density at radius 2 is 2.00 bits per heavy atom. The highest BCUT2D eigenvalue weighted by Crippen LogP contribution is 2.25. The molecule has 0 aliphatic heterocycles. The van der Waals surface area contributed by atoms with E-state index in [2.05, 4.69) is 29.0 Å². The van der Waals surface area contributed by atoms with Gasteiger partial charge in [-0.3, -0.25) is 0 Å². The summed E-state index contributed by atoms with van der Waals surface area (Å²) in [6.45, 7) is 3.38. The molecule has 4 heteroatoms. The standard InChI is InChI=1S/C17H17ClN2O/c1-2-21-15-5-6-17-12(9-15)7-8-20(17)11-13-3-4-14(18)10-16(13)19/h3-10H,2,11,19H2,1H3. The van der Waals surface area contributed by atoms with Crippen molar-refractivity contribution in [1.82, 2.24) is 4.57 Å². The number of ether oxygens (including phenoxy) is 1. The van der Waals surface area contributed by atoms with E-state index in [9.17, 15) is 0 Å². The summed E-state index contributed by atoms with van der Waals surface area (Å²) in [6, 6.07) is 13.8. The number of benzene rings is 2. The third kappa shape index (κ3) is 2.83. The van der Waals surface area contributed by atoms with Crippen LogP contribution in [0.1, 0.15) is 12.5 Å². The molecule has 0 spiro atoms. The Morgan fingerprint density at radius 3 is 2.76 bits per heavy atom. The van der Waals surface area contributed by atoms with Crippen LogP contribution in [0.2, 0.25) is 5.02 Å². The third-order valence-electron chi connectivity index (χ3n) is 3.50. The normalized spacial score (nSPS) is 11.0. The first-order valence-corrected chi connectivity index (χ1v) is 7.31. The summed E-state index contributed by atoms with van der Waals surface area (Å²) in [6.07, 6.45) is 2.06. The highest BCUT2D eigenvalue weighted by molar-refractivity contribution is 6.30. The van der Waals surface area contributed by atoms with Crippen molar-refractivity contribution < 1.29 is 4.74 Å². The first kappa shape index (κ1) is 13.8. The molecule has 0 bridgehead atoms. The average molecular weight is 301 g/mol. The Kier molecular flexibility index (Phi) is 3.76. The van der Waals surface area contributed by atoms with Gasteiger partial charge in [0.2, 0.25) is 0 Å². The molecule has 1 aromatic heterocycles. The lowest BCUT2D eigenvalue weighted by atomic mass is 10.2. The molecule has 1 heterocycles. The van der Waals surface area contributed by atoms with Gasteiger partial charge < -0.3 is 15.0 Å². The van der Waals surface area contributed by atoms with Crippen LogP contribution < -0.4 is 10.5 Å². The molecule has 3 rings (SSSR count). The first-order valence-electron chi connectivity index (χ1n) is 6.93. The van der Waals surface area contributed by atoms with Gasteiger partial charge >= 0.3 is 0 Å². The lowest BCUT2D eigenvalue weighted by Crippen LogP contribution is -2.01. The van der Waals surface area contributed by atoms with Crippen LogP contribution in [0.4, 0.5) is 5.69 Å². The number of hydrogen-bond donors (Lipinski definition) is 1. The first-order chi connectivity index (χ1) is 10.2. The summed E-state index contributed by atoms with van der Waals surface area (Å²) in [5.74, 6) is 0.897. The lowest BCUT2D eigenvalue weighted by Gasteiger charge is -2.09. The summed E-state index contributed by atoms with van der Waals surface area (Å²) in [7, 11) is 0. The Balaban J connectivity index is 1.94. The SMILES string of the molecule is CCOc1ccc2c(ccn2Cc2ccc(Cl)cc2N)c1. The minimum absolute atomic E-state index is 0.662. The van der Waals surface area contributed by atoms with Gasteiger partial charge in [0.25, 0.3) is 0 Å². The molecule has 3 aromatic rings. The molecule has 3 nitrogen and oxygen atoms in total. The molecule has 0 saturated heterocycles. The maximum Gasteiger partial charge on any atom is 0.120 e. The van der Waals surface area contributed by atoms with Crippen LogP contribution in [0.15, 0.2) is 48.7 Å². The molecule has 2 aromatic carbocycles. The Bertz CT molecular complexity index is 780. The molecular formula is C17H17ClN2O. The van der Waals surface area contributed by atoms with E-state index in [1.54, 1.807) is 6.07 Å². The molecule has 0 saturated carbocycles. The van der Waals surface area contributed by atoms with Crippen LogP contribution in [0.25, 0.3) is 10.9 Å². The molecule has 0 amide bonds. The highest BCUT2D eigenvalue weighted by atomic mass is 35.5. The minimum Gasteiger partial charge on any atom is -0.494 e. The van der Waals surface area contributed by atoms with E-state index >= 15 is 0 Å². The van der Waals surface area contributed by atoms with E-state index in [0.29, 0.717) is 11.6 Å². The number of hydrogen-bond acceptors (Lipinski definition) is 2. The zero-order valence-electron chi connectivity index (χ0n) is 11.8. The number of anilines is 1. The fourth-order valence-corrected chi connectivity index (χ4v) is 2.65. The van der Waals surface area contributed by atoms with Crippen LogP contribution in [0.5, 0.6) is 5.75 Å². The fourth-order valence-electron chi connectivity index (χ4n) is 2.47. The number of halogens is 1. The maximum absolute atomic E-state index is 6.03. The summed E-state index contributed by atoms with van der Waals surface area (Å²) < 4.78 is 7.70. The zero-order valence-corrected chi connectivity index (χ0v) is 12.6. The fraction of sp³-hybridized carbons (Fsp3) is 0.176. The van der Waals surface area contributed by atoms with Gasteiger partial charge in [0.1, 0.15) is 5.75 Å². The van der Waals surface area contributed by atoms with Gasteiger partial charge in [-0.15, -0.1) is 0 Å². The van der Waals surface area contributed by atoms with Crippen molar-refractivity contribution in [2.24, 2.45) is 0 Å². The minimum atomic E-state index is 0.662. The van der Waals surface area contributed by atoms with E-state index in [-0.39, 0.29) is 0 Å². The van der Waals surface area contributed by atoms with Crippen molar-refractivity contribution in [3.63, 3.8) is 0 Å². The number of rotatable bonds is 4. The van der Waals surface area contributed by atoms with Crippen molar-refractivity contribution in [3.05, 3.63) is 59.2 Å². The van der Waals surface area contributed by atoms with Crippen LogP contribution in [0.3, 0.4) is 0 Å². The number of aromatic nitrogens is 1. The van der Waals surface area contributed by atoms with E-state index in [1.807, 2.05) is 25.1 Å². The monoisotopic (exact) mass is 300 g/mol. The predicted octanol–water partition coefficient (Wildman–Crippen LogP) is 4.32. The second-order valence-electron chi connectivity index (χ2n) is 4.94. The summed E-state index contributed by atoms with van der Waals surface area (Å²) in [5, 5.41) is 1.82. The predicted molar refractivity (Wildman–Crippen MR) is 88.1 cm³/mol. The number of nitrogen functional groups attached to an aromatic ring is 1. The molecular weight excluding hydrogens is 284 g/mol. The van der Waals surface area contributed by atoms with Gasteiger partial charge in [0.05, 0.1) is 6.61 Å². The smallest absolute Gasteiger partial charge is 0.120 e. The van der Waals surface area contributed by atoms with Gasteiger partial charge in [0.15, 0.2) is 0 Å². The molecule has 2 N–H and O–H groups in total. The van der Waals surface area contributed by atoms with Gasteiger partial charge in [-0.2, -0.15) is 0 Å². The van der Waals surface area contributed by atoms with E-state index in [4.69, 9.17) is 22.1 Å². The second-order valence-corrected chi connectivity index (χ2v) is 5.38. The van der Waals surface area contributed by atoms with Gasteiger partial charge in [0, 0.05) is 34.4 Å². The van der Waals surface area contributed by atoms with Gasteiger partial charge in [-0.25, -0.2) is 0 Å². The molecule has 108 valence electrons. The summed E-state index contributed by atoms with van der Waals surface area (Å²) >= 11 is 5.94. The number of fused-ring (bicyclic) bond motifs is 1. The van der Waals surface area contributed by atoms with Gasteiger partial charge in [-0.1, -0.05) is 17.7 Å². The molecule has 0 fully saturated rings. The van der Waals surface area contributed by atoms with E-state index in [0.717, 1.165) is 34.4 Å². The molecule has 0 radical (unpaired) electrons. The Hall–Kier alpha value is -2.13. The number of nitrogens with two attached hydrogens (primary N) is 1. The van der Waals surface area contributed by atoms with Crippen molar-refractivity contribution in [3.8, 4) is 5.75 Å². The van der Waals surface area contributed by atoms with Crippen LogP contribution in [-0.4, -0.2) is 11.2 Å². The van der Waals surface area contributed by atoms with Crippen LogP contribution in [0, 0.1) is 0 Å². The third-order valence-corrected chi connectivity index (χ3v) is 3.74. The molecule has 0 atom stereocenters. The topological polar surface area (TPSA) is 40.2 Å². The average Bonchev–Trinajstić information content (AvgIpc) is 2.85. The van der Waals surface area contributed by atoms with E-state index in [1.165, 1.54) is 0 Å². The van der Waals surface area contributed by atoms with Crippen molar-refractivity contribution in [2.75, 3.05) is 12.3 Å². The van der Waals surface area contributed by atoms with E-state index < -0.39 is 0 Å². The lowest BCUT2D eigenvalue weighted by molar-refractivity contribution is 0.340. The van der Waals surface area contributed by atoms with Crippen molar-refractivity contribution in [1.29, 1.82) is 0 Å². The number of nitrogens with zero attached hydrogens (tertiary/aromatic N) is 1. The second kappa shape index (κ2) is 5.70. The Labute approximate surface area is 128 Å². The summed E-state index contributed by atoms with van der Waals surface area (Å²) in [4.78, 5) is 0. The van der Waals surface area contributed by atoms with Crippen LogP contribution >= 0.6 is 11.6 Å². The van der Waals surface area contributed by atoms with Crippen molar-refractivity contribution in [2.45, 2.75) is 13.5 Å². The van der Waals surface area contributed by atoms with Crippen LogP contribution in [-0.2, 0) is 6.54 Å². The summed E-state index contributed by atoms with van der Waals surface area (Å²) in [5.41, 5.74) is 8.97. The highest BCUT2D eigenvalue weighted by Gasteiger charge is 2.06. The maximum atomic E-state index is 6.03. The van der Waals surface area contributed by atoms with Gasteiger partial charge in [-0.05, 0) is 48.9 Å². The molecule has 0 unspecified atom stereocenters. The molecule has 21 heavy (non-hydrogen) atoms. The zero-order chi connectivity index (χ0) is 14.8. The molecule has 0 aliphatic rings.